The van der Waals surface area contributed by atoms with Gasteiger partial charge >= 0.3 is 5.63 Å². The van der Waals surface area contributed by atoms with Crippen molar-refractivity contribution in [2.24, 2.45) is 7.05 Å². The number of aromatic hydroxyl groups is 1. The summed E-state index contributed by atoms with van der Waals surface area (Å²) in [5, 5.41) is 10.9. The van der Waals surface area contributed by atoms with Crippen LogP contribution in [0.1, 0.15) is 5.56 Å². The highest BCUT2D eigenvalue weighted by Gasteiger charge is 2.18. The summed E-state index contributed by atoms with van der Waals surface area (Å²) in [6.07, 6.45) is 0. The third kappa shape index (κ3) is 2.55. The van der Waals surface area contributed by atoms with Crippen molar-refractivity contribution in [1.29, 1.82) is 0 Å². The van der Waals surface area contributed by atoms with Gasteiger partial charge in [-0.3, -0.25) is 0 Å². The van der Waals surface area contributed by atoms with Gasteiger partial charge in [-0.05, 0) is 44.4 Å². The van der Waals surface area contributed by atoms with Gasteiger partial charge in [-0.2, -0.15) is 0 Å². The minimum Gasteiger partial charge on any atom is -0.507 e. The molecule has 0 saturated heterocycles. The van der Waals surface area contributed by atoms with Crippen LogP contribution in [-0.2, 0) is 13.6 Å². The summed E-state index contributed by atoms with van der Waals surface area (Å²) >= 11 is 0. The van der Waals surface area contributed by atoms with E-state index in [1.165, 1.54) is 0 Å². The molecule has 6 heteroatoms. The Balaban J connectivity index is 1.97. The van der Waals surface area contributed by atoms with Crippen molar-refractivity contribution < 1.29 is 9.52 Å². The molecule has 26 heavy (non-hydrogen) atoms. The van der Waals surface area contributed by atoms with E-state index in [1.807, 2.05) is 54.9 Å². The molecule has 6 nitrogen and oxygen atoms in total. The van der Waals surface area contributed by atoms with Gasteiger partial charge in [-0.15, -0.1) is 0 Å². The fraction of sp³-hybridized carbons (Fsp3) is 0.200. The van der Waals surface area contributed by atoms with Gasteiger partial charge in [0.25, 0.3) is 0 Å². The van der Waals surface area contributed by atoms with Crippen molar-refractivity contribution in [2.45, 2.75) is 6.54 Å². The van der Waals surface area contributed by atoms with Crippen LogP contribution in [0, 0.1) is 0 Å². The first-order chi connectivity index (χ1) is 12.5. The van der Waals surface area contributed by atoms with Crippen LogP contribution in [0.15, 0.2) is 51.7 Å². The molecule has 0 saturated carbocycles. The molecular weight excluding hydrogens is 330 g/mol. The third-order valence-electron chi connectivity index (χ3n) is 4.48. The molecule has 132 valence electrons. The molecule has 4 aromatic rings. The maximum Gasteiger partial charge on any atom is 0.347 e. The first-order valence-corrected chi connectivity index (χ1v) is 8.31. The highest BCUT2D eigenvalue weighted by atomic mass is 16.4. The molecule has 0 aliphatic heterocycles. The van der Waals surface area contributed by atoms with Gasteiger partial charge in [0.2, 0.25) is 0 Å². The van der Waals surface area contributed by atoms with E-state index in [0.717, 1.165) is 16.4 Å². The molecule has 0 bridgehead atoms. The molecule has 0 aliphatic carbocycles. The summed E-state index contributed by atoms with van der Waals surface area (Å²) in [6.45, 7) is 0.470. The molecule has 0 radical (unpaired) electrons. The lowest BCUT2D eigenvalue weighted by molar-refractivity contribution is 0.383. The molecule has 0 spiro atoms. The van der Waals surface area contributed by atoms with E-state index in [-0.39, 0.29) is 5.75 Å². The van der Waals surface area contributed by atoms with Crippen molar-refractivity contribution in [3.63, 3.8) is 0 Å². The van der Waals surface area contributed by atoms with Gasteiger partial charge in [-0.25, -0.2) is 9.78 Å². The Hall–Kier alpha value is -3.12. The average molecular weight is 349 g/mol. The Bertz CT molecular complexity index is 1190. The Kier molecular flexibility index (Phi) is 3.77. The second kappa shape index (κ2) is 6.00. The van der Waals surface area contributed by atoms with Crippen LogP contribution in [-0.4, -0.2) is 33.7 Å². The molecule has 0 atom stereocenters. The minimum absolute atomic E-state index is 0.116. The zero-order valence-corrected chi connectivity index (χ0v) is 14.9. The molecule has 2 aromatic heterocycles. The zero-order valence-electron chi connectivity index (χ0n) is 14.9. The molecule has 0 unspecified atom stereocenters. The van der Waals surface area contributed by atoms with Gasteiger partial charge in [0.1, 0.15) is 22.7 Å². The maximum atomic E-state index is 12.7. The van der Waals surface area contributed by atoms with E-state index in [9.17, 15) is 9.90 Å². The van der Waals surface area contributed by atoms with Crippen LogP contribution in [0.4, 0.5) is 0 Å². The lowest BCUT2D eigenvalue weighted by Crippen LogP contribution is -2.12. The van der Waals surface area contributed by atoms with E-state index >= 15 is 0 Å². The number of phenolic OH excluding ortho intramolecular Hbond substituents is 1. The smallest absolute Gasteiger partial charge is 0.347 e. The van der Waals surface area contributed by atoms with Crippen LogP contribution >= 0.6 is 0 Å². The molecule has 2 aromatic carbocycles. The Morgan fingerprint density at radius 1 is 1.19 bits per heavy atom. The topological polar surface area (TPSA) is 71.5 Å². The number of imidazole rings is 1. The zero-order chi connectivity index (χ0) is 18.4. The number of rotatable bonds is 3. The van der Waals surface area contributed by atoms with Gasteiger partial charge in [0.15, 0.2) is 0 Å². The molecule has 0 aliphatic rings. The van der Waals surface area contributed by atoms with Crippen molar-refractivity contribution in [1.82, 2.24) is 14.5 Å². The Morgan fingerprint density at radius 2 is 1.96 bits per heavy atom. The largest absolute Gasteiger partial charge is 0.507 e. The van der Waals surface area contributed by atoms with Crippen LogP contribution in [0.25, 0.3) is 33.4 Å². The SMILES string of the molecule is CN(C)Cc1c(O)ccc2cc(-c3nc4ccccc4n3C)c(=O)oc12. The van der Waals surface area contributed by atoms with Gasteiger partial charge < -0.3 is 19.0 Å². The lowest BCUT2D eigenvalue weighted by atomic mass is 10.1. The predicted octanol–water partition coefficient (Wildman–Crippen LogP) is 3.11. The van der Waals surface area contributed by atoms with Crippen molar-refractivity contribution in [3.8, 4) is 17.1 Å². The minimum atomic E-state index is -0.471. The number of hydrogen-bond donors (Lipinski definition) is 1. The molecule has 1 N–H and O–H groups in total. The van der Waals surface area contributed by atoms with E-state index in [4.69, 9.17) is 4.42 Å². The Labute approximate surface area is 149 Å². The number of aromatic nitrogens is 2. The summed E-state index contributed by atoms with van der Waals surface area (Å²) in [6, 6.07) is 12.9. The molecule has 2 heterocycles. The monoisotopic (exact) mass is 349 g/mol. The summed E-state index contributed by atoms with van der Waals surface area (Å²) in [5.74, 6) is 0.675. The van der Waals surface area contributed by atoms with Crippen molar-refractivity contribution in [3.05, 3.63) is 58.4 Å². The number of nitrogens with zero attached hydrogens (tertiary/aromatic N) is 3. The molecule has 0 fully saturated rings. The number of benzene rings is 2. The summed E-state index contributed by atoms with van der Waals surface area (Å²) < 4.78 is 7.50. The van der Waals surface area contributed by atoms with E-state index in [1.54, 1.807) is 18.2 Å². The second-order valence-electron chi connectivity index (χ2n) is 6.65. The predicted molar refractivity (Wildman–Crippen MR) is 101 cm³/mol. The fourth-order valence-electron chi connectivity index (χ4n) is 3.24. The first kappa shape index (κ1) is 16.4. The van der Waals surface area contributed by atoms with Crippen molar-refractivity contribution in [2.75, 3.05) is 14.1 Å². The number of para-hydroxylation sites is 2. The fourth-order valence-corrected chi connectivity index (χ4v) is 3.24. The maximum absolute atomic E-state index is 12.7. The van der Waals surface area contributed by atoms with Crippen LogP contribution < -0.4 is 5.63 Å². The molecule has 4 rings (SSSR count). The average Bonchev–Trinajstić information content (AvgIpc) is 2.94. The summed E-state index contributed by atoms with van der Waals surface area (Å²) in [5.41, 5.74) is 2.70. The number of phenols is 1. The van der Waals surface area contributed by atoms with Crippen LogP contribution in [0.5, 0.6) is 5.75 Å². The molecular formula is C20H19N3O3. The van der Waals surface area contributed by atoms with Gasteiger partial charge in [-0.1, -0.05) is 12.1 Å². The van der Waals surface area contributed by atoms with E-state index in [0.29, 0.717) is 29.1 Å². The highest BCUT2D eigenvalue weighted by Crippen LogP contribution is 2.30. The molecule has 0 amide bonds. The summed E-state index contributed by atoms with van der Waals surface area (Å²) in [7, 11) is 5.66. The van der Waals surface area contributed by atoms with Crippen molar-refractivity contribution >= 4 is 22.0 Å². The lowest BCUT2D eigenvalue weighted by Gasteiger charge is -2.13. The van der Waals surface area contributed by atoms with E-state index < -0.39 is 5.63 Å². The van der Waals surface area contributed by atoms with Crippen LogP contribution in [0.3, 0.4) is 0 Å². The van der Waals surface area contributed by atoms with E-state index in [2.05, 4.69) is 4.98 Å². The normalized spacial score (nSPS) is 11.7. The quantitative estimate of drug-likeness (QED) is 0.576. The van der Waals surface area contributed by atoms with Crippen LogP contribution in [0.2, 0.25) is 0 Å². The number of hydrogen-bond acceptors (Lipinski definition) is 5. The number of aryl methyl sites for hydroxylation is 1. The standard InChI is InChI=1S/C20H19N3O3/c1-22(2)11-14-17(24)9-8-12-10-13(20(25)26-18(12)14)19-21-15-6-4-5-7-16(15)23(19)3/h4-10,24H,11H2,1-3H3. The number of fused-ring (bicyclic) bond motifs is 2. The first-order valence-electron chi connectivity index (χ1n) is 8.31. The Morgan fingerprint density at radius 3 is 2.69 bits per heavy atom. The highest BCUT2D eigenvalue weighted by molar-refractivity contribution is 5.87. The third-order valence-corrected chi connectivity index (χ3v) is 4.48. The van der Waals surface area contributed by atoms with Gasteiger partial charge in [0, 0.05) is 19.0 Å². The van der Waals surface area contributed by atoms with Gasteiger partial charge in [0.05, 0.1) is 16.6 Å². The summed E-state index contributed by atoms with van der Waals surface area (Å²) in [4.78, 5) is 19.2. The second-order valence-corrected chi connectivity index (χ2v) is 6.65.